The normalized spacial score (nSPS) is 28.7. The van der Waals surface area contributed by atoms with E-state index in [1.165, 1.54) is 0 Å². The molecule has 1 rings (SSSR count). The summed E-state index contributed by atoms with van der Waals surface area (Å²) in [5, 5.41) is 9.06. The predicted molar refractivity (Wildman–Crippen MR) is 65.4 cm³/mol. The highest BCUT2D eigenvalue weighted by Crippen LogP contribution is 2.43. The first kappa shape index (κ1) is 13.2. The van der Waals surface area contributed by atoms with Crippen LogP contribution in [-0.2, 0) is 4.79 Å². The Labute approximate surface area is 98.1 Å². The zero-order chi connectivity index (χ0) is 12.7. The molecule has 0 bridgehead atoms. The third-order valence-corrected chi connectivity index (χ3v) is 4.37. The Morgan fingerprint density at radius 1 is 1.38 bits per heavy atom. The average molecular weight is 225 g/mol. The molecule has 1 aliphatic heterocycles. The van der Waals surface area contributed by atoms with Crippen LogP contribution in [0.15, 0.2) is 12.2 Å². The summed E-state index contributed by atoms with van der Waals surface area (Å²) in [4.78, 5) is 13.3. The highest BCUT2D eigenvalue weighted by molar-refractivity contribution is 5.86. The molecular weight excluding hydrogens is 202 g/mol. The van der Waals surface area contributed by atoms with Crippen molar-refractivity contribution < 1.29 is 9.90 Å². The Kier molecular flexibility index (Phi) is 3.21. The van der Waals surface area contributed by atoms with Gasteiger partial charge < -0.3 is 5.11 Å². The van der Waals surface area contributed by atoms with E-state index in [0.717, 1.165) is 12.8 Å². The number of carboxylic acids is 1. The van der Waals surface area contributed by atoms with Crippen molar-refractivity contribution in [3.8, 4) is 0 Å². The van der Waals surface area contributed by atoms with Gasteiger partial charge in [-0.25, -0.2) is 4.79 Å². The molecule has 16 heavy (non-hydrogen) atoms. The number of aliphatic carboxylic acids is 1. The van der Waals surface area contributed by atoms with Crippen molar-refractivity contribution in [1.29, 1.82) is 0 Å². The maximum Gasteiger partial charge on any atom is 0.331 e. The lowest BCUT2D eigenvalue weighted by molar-refractivity contribution is -0.135. The summed E-state index contributed by atoms with van der Waals surface area (Å²) in [5.74, 6) is -0.839. The van der Waals surface area contributed by atoms with Gasteiger partial charge in [-0.2, -0.15) is 0 Å². The summed E-state index contributed by atoms with van der Waals surface area (Å²) in [6, 6.07) is 0. The molecule has 0 saturated carbocycles. The molecule has 1 fully saturated rings. The monoisotopic (exact) mass is 225 g/mol. The molecule has 0 aromatic carbocycles. The van der Waals surface area contributed by atoms with Crippen molar-refractivity contribution in [2.75, 3.05) is 7.05 Å². The predicted octanol–water partition coefficient (Wildman–Crippen LogP) is 2.53. The van der Waals surface area contributed by atoms with Crippen LogP contribution in [0.5, 0.6) is 0 Å². The maximum absolute atomic E-state index is 11.0. The second-order valence-corrected chi connectivity index (χ2v) is 5.95. The summed E-state index contributed by atoms with van der Waals surface area (Å²) in [5.41, 5.74) is 0.308. The van der Waals surface area contributed by atoms with Gasteiger partial charge in [0.2, 0.25) is 0 Å². The van der Waals surface area contributed by atoms with Crippen molar-refractivity contribution in [2.24, 2.45) is 5.92 Å². The molecule has 1 heterocycles. The van der Waals surface area contributed by atoms with Crippen LogP contribution < -0.4 is 0 Å². The van der Waals surface area contributed by atoms with Gasteiger partial charge in [-0.05, 0) is 47.6 Å². The third kappa shape index (κ3) is 2.01. The number of hydrogen-bond donors (Lipinski definition) is 1. The van der Waals surface area contributed by atoms with Gasteiger partial charge in [0, 0.05) is 22.6 Å². The molecule has 0 radical (unpaired) electrons. The minimum absolute atomic E-state index is 0.0306. The standard InChI is InChI=1S/C13H23NO2/c1-9(11(15)16)10-7-8-12(2,3)14(6)13(10,4)5/h10H,1,7-8H2,2-6H3,(H,15,16). The van der Waals surface area contributed by atoms with E-state index in [1.807, 2.05) is 0 Å². The van der Waals surface area contributed by atoms with Crippen molar-refractivity contribution in [1.82, 2.24) is 4.90 Å². The Morgan fingerprint density at radius 3 is 2.31 bits per heavy atom. The van der Waals surface area contributed by atoms with Crippen LogP contribution >= 0.6 is 0 Å². The van der Waals surface area contributed by atoms with Crippen molar-refractivity contribution >= 4 is 5.97 Å². The topological polar surface area (TPSA) is 40.5 Å². The second-order valence-electron chi connectivity index (χ2n) is 5.95. The first-order valence-corrected chi connectivity index (χ1v) is 5.76. The lowest BCUT2D eigenvalue weighted by Crippen LogP contribution is -2.61. The fourth-order valence-corrected chi connectivity index (χ4v) is 2.78. The lowest BCUT2D eigenvalue weighted by atomic mass is 9.70. The van der Waals surface area contributed by atoms with E-state index in [-0.39, 0.29) is 17.0 Å². The molecule has 0 aromatic heterocycles. The minimum atomic E-state index is -0.869. The van der Waals surface area contributed by atoms with Gasteiger partial charge in [-0.15, -0.1) is 0 Å². The molecule has 0 amide bonds. The van der Waals surface area contributed by atoms with Gasteiger partial charge in [-0.3, -0.25) is 4.90 Å². The number of carbonyl (C=O) groups is 1. The smallest absolute Gasteiger partial charge is 0.331 e. The number of carboxylic acid groups (broad SMARTS) is 1. The molecule has 1 atom stereocenters. The molecule has 1 unspecified atom stereocenters. The van der Waals surface area contributed by atoms with Gasteiger partial charge in [-0.1, -0.05) is 6.58 Å². The number of hydrogen-bond acceptors (Lipinski definition) is 2. The molecule has 1 N–H and O–H groups in total. The number of likely N-dealkylation sites (tertiary alicyclic amines) is 1. The van der Waals surface area contributed by atoms with Crippen LogP contribution in [0, 0.1) is 5.92 Å². The fraction of sp³-hybridized carbons (Fsp3) is 0.769. The summed E-state index contributed by atoms with van der Waals surface area (Å²) >= 11 is 0. The fourth-order valence-electron chi connectivity index (χ4n) is 2.78. The van der Waals surface area contributed by atoms with E-state index in [1.54, 1.807) is 0 Å². The van der Waals surface area contributed by atoms with Crippen LogP contribution in [0.4, 0.5) is 0 Å². The summed E-state index contributed by atoms with van der Waals surface area (Å²) in [7, 11) is 2.07. The summed E-state index contributed by atoms with van der Waals surface area (Å²) < 4.78 is 0. The van der Waals surface area contributed by atoms with Crippen LogP contribution in [0.2, 0.25) is 0 Å². The van der Waals surface area contributed by atoms with E-state index in [0.29, 0.717) is 5.57 Å². The largest absolute Gasteiger partial charge is 0.478 e. The molecule has 0 aromatic rings. The molecule has 0 spiro atoms. The van der Waals surface area contributed by atoms with Crippen LogP contribution in [0.3, 0.4) is 0 Å². The van der Waals surface area contributed by atoms with Crippen molar-refractivity contribution in [3.05, 3.63) is 12.2 Å². The summed E-state index contributed by atoms with van der Waals surface area (Å²) in [6.07, 6.45) is 1.90. The van der Waals surface area contributed by atoms with Crippen LogP contribution in [-0.4, -0.2) is 34.1 Å². The molecular formula is C13H23NO2. The Morgan fingerprint density at radius 2 is 1.88 bits per heavy atom. The Bertz CT molecular complexity index is 318. The zero-order valence-corrected chi connectivity index (χ0v) is 11.0. The van der Waals surface area contributed by atoms with Crippen molar-refractivity contribution in [2.45, 2.75) is 51.6 Å². The highest BCUT2D eigenvalue weighted by Gasteiger charge is 2.46. The van der Waals surface area contributed by atoms with Gasteiger partial charge in [0.05, 0.1) is 0 Å². The Balaban J connectivity index is 3.01. The highest BCUT2D eigenvalue weighted by atomic mass is 16.4. The van der Waals surface area contributed by atoms with E-state index in [4.69, 9.17) is 5.11 Å². The third-order valence-electron chi connectivity index (χ3n) is 4.37. The number of rotatable bonds is 2. The van der Waals surface area contributed by atoms with Gasteiger partial charge in [0.25, 0.3) is 0 Å². The van der Waals surface area contributed by atoms with Crippen LogP contribution in [0.25, 0.3) is 0 Å². The van der Waals surface area contributed by atoms with Gasteiger partial charge in [0.1, 0.15) is 0 Å². The number of piperidine rings is 1. The first-order valence-electron chi connectivity index (χ1n) is 5.76. The molecule has 0 aliphatic carbocycles. The van der Waals surface area contributed by atoms with Crippen LogP contribution in [0.1, 0.15) is 40.5 Å². The zero-order valence-electron chi connectivity index (χ0n) is 11.0. The van der Waals surface area contributed by atoms with E-state index < -0.39 is 5.97 Å². The van der Waals surface area contributed by atoms with E-state index in [2.05, 4.69) is 46.2 Å². The molecule has 92 valence electrons. The minimum Gasteiger partial charge on any atom is -0.478 e. The maximum atomic E-state index is 11.0. The number of nitrogens with zero attached hydrogens (tertiary/aromatic N) is 1. The van der Waals surface area contributed by atoms with E-state index >= 15 is 0 Å². The average Bonchev–Trinajstić information content (AvgIpc) is 2.14. The molecule has 1 saturated heterocycles. The lowest BCUT2D eigenvalue weighted by Gasteiger charge is -2.55. The van der Waals surface area contributed by atoms with E-state index in [9.17, 15) is 4.79 Å². The van der Waals surface area contributed by atoms with Crippen molar-refractivity contribution in [3.63, 3.8) is 0 Å². The molecule has 3 nitrogen and oxygen atoms in total. The molecule has 1 aliphatic rings. The van der Waals surface area contributed by atoms with Gasteiger partial charge >= 0.3 is 5.97 Å². The van der Waals surface area contributed by atoms with Gasteiger partial charge in [0.15, 0.2) is 0 Å². The SMILES string of the molecule is C=C(C(=O)O)C1CCC(C)(C)N(C)C1(C)C. The molecule has 3 heteroatoms. The quantitative estimate of drug-likeness (QED) is 0.734. The Hall–Kier alpha value is -0.830. The summed E-state index contributed by atoms with van der Waals surface area (Å²) in [6.45, 7) is 12.3. The second kappa shape index (κ2) is 3.88. The first-order chi connectivity index (χ1) is 7.10.